The summed E-state index contributed by atoms with van der Waals surface area (Å²) in [4.78, 5) is 17.2. The topological polar surface area (TPSA) is 39.2 Å². The average Bonchev–Trinajstić information content (AvgIpc) is 2.91. The summed E-state index contributed by atoms with van der Waals surface area (Å²) in [6.07, 6.45) is 1.47. The molecule has 0 fully saturated rings. The standard InChI is InChI=1S/C14H14ClNO2S/c1-2-11-8-10(9-13(15)16-11)14(17)18-6-5-12-4-3-7-19-12/h3-4,7-9H,2,5-6H2,1H3. The molecule has 0 radical (unpaired) electrons. The molecule has 0 aliphatic heterocycles. The zero-order valence-electron chi connectivity index (χ0n) is 10.6. The first-order valence-electron chi connectivity index (χ1n) is 6.05. The van der Waals surface area contributed by atoms with Crippen molar-refractivity contribution in [3.63, 3.8) is 0 Å². The van der Waals surface area contributed by atoms with Gasteiger partial charge in [0.25, 0.3) is 0 Å². The molecule has 100 valence electrons. The van der Waals surface area contributed by atoms with Gasteiger partial charge in [-0.15, -0.1) is 11.3 Å². The van der Waals surface area contributed by atoms with Crippen LogP contribution < -0.4 is 0 Å². The predicted octanol–water partition coefficient (Wildman–Crippen LogP) is 3.76. The third kappa shape index (κ3) is 4.04. The van der Waals surface area contributed by atoms with Crippen LogP contribution in [0.2, 0.25) is 5.15 Å². The number of carbonyl (C=O) groups is 1. The van der Waals surface area contributed by atoms with Crippen molar-refractivity contribution >= 4 is 28.9 Å². The van der Waals surface area contributed by atoms with Gasteiger partial charge in [-0.05, 0) is 30.0 Å². The van der Waals surface area contributed by atoms with Crippen LogP contribution in [0.25, 0.3) is 0 Å². The average molecular weight is 296 g/mol. The van der Waals surface area contributed by atoms with Crippen molar-refractivity contribution in [1.29, 1.82) is 0 Å². The molecule has 19 heavy (non-hydrogen) atoms. The first-order chi connectivity index (χ1) is 9.19. The summed E-state index contributed by atoms with van der Waals surface area (Å²) in [7, 11) is 0. The Kier molecular flexibility index (Phi) is 4.93. The van der Waals surface area contributed by atoms with Gasteiger partial charge < -0.3 is 4.74 Å². The fraction of sp³-hybridized carbons (Fsp3) is 0.286. The van der Waals surface area contributed by atoms with E-state index in [4.69, 9.17) is 16.3 Å². The molecule has 0 bridgehead atoms. The molecule has 0 aliphatic rings. The molecule has 2 aromatic heterocycles. The summed E-state index contributed by atoms with van der Waals surface area (Å²) >= 11 is 7.53. The van der Waals surface area contributed by atoms with Crippen LogP contribution in [0.5, 0.6) is 0 Å². The Hall–Kier alpha value is -1.39. The van der Waals surface area contributed by atoms with Crippen molar-refractivity contribution in [3.8, 4) is 0 Å². The molecular formula is C14H14ClNO2S. The van der Waals surface area contributed by atoms with Gasteiger partial charge in [-0.1, -0.05) is 24.6 Å². The minimum Gasteiger partial charge on any atom is -0.462 e. The number of thiophene rings is 1. The number of pyridine rings is 1. The van der Waals surface area contributed by atoms with Gasteiger partial charge in [-0.3, -0.25) is 0 Å². The summed E-state index contributed by atoms with van der Waals surface area (Å²) < 4.78 is 5.24. The molecular weight excluding hydrogens is 282 g/mol. The lowest BCUT2D eigenvalue weighted by molar-refractivity contribution is 0.0509. The van der Waals surface area contributed by atoms with Gasteiger partial charge in [-0.25, -0.2) is 9.78 Å². The molecule has 0 spiro atoms. The molecule has 5 heteroatoms. The van der Waals surface area contributed by atoms with Gasteiger partial charge in [0.2, 0.25) is 0 Å². The molecule has 0 N–H and O–H groups in total. The Balaban J connectivity index is 1.94. The quantitative estimate of drug-likeness (QED) is 0.623. The Morgan fingerprint density at radius 2 is 2.32 bits per heavy atom. The minimum absolute atomic E-state index is 0.324. The fourth-order valence-corrected chi connectivity index (χ4v) is 2.55. The van der Waals surface area contributed by atoms with E-state index in [2.05, 4.69) is 4.98 Å². The number of aryl methyl sites for hydroxylation is 1. The van der Waals surface area contributed by atoms with Gasteiger partial charge in [0.1, 0.15) is 5.15 Å². The third-order valence-electron chi connectivity index (χ3n) is 2.61. The monoisotopic (exact) mass is 295 g/mol. The lowest BCUT2D eigenvalue weighted by atomic mass is 10.2. The van der Waals surface area contributed by atoms with E-state index in [9.17, 15) is 4.79 Å². The molecule has 0 aromatic carbocycles. The van der Waals surface area contributed by atoms with E-state index < -0.39 is 0 Å². The number of esters is 1. The van der Waals surface area contributed by atoms with E-state index in [1.807, 2.05) is 24.4 Å². The minimum atomic E-state index is -0.351. The van der Waals surface area contributed by atoms with Gasteiger partial charge in [0.05, 0.1) is 12.2 Å². The fourth-order valence-electron chi connectivity index (χ4n) is 1.63. The Morgan fingerprint density at radius 1 is 1.47 bits per heavy atom. The number of aromatic nitrogens is 1. The van der Waals surface area contributed by atoms with Crippen LogP contribution in [0, 0.1) is 0 Å². The van der Waals surface area contributed by atoms with Crippen molar-refractivity contribution < 1.29 is 9.53 Å². The van der Waals surface area contributed by atoms with Crippen LogP contribution >= 0.6 is 22.9 Å². The van der Waals surface area contributed by atoms with E-state index in [1.54, 1.807) is 17.4 Å². The molecule has 0 unspecified atom stereocenters. The molecule has 0 amide bonds. The highest BCUT2D eigenvalue weighted by Gasteiger charge is 2.10. The lowest BCUT2D eigenvalue weighted by Gasteiger charge is -2.05. The zero-order valence-corrected chi connectivity index (χ0v) is 12.1. The highest BCUT2D eigenvalue weighted by Crippen LogP contribution is 2.13. The first kappa shape index (κ1) is 14.0. The Morgan fingerprint density at radius 3 is 3.00 bits per heavy atom. The molecule has 0 saturated heterocycles. The summed E-state index contributed by atoms with van der Waals surface area (Å²) in [5, 5.41) is 2.33. The largest absolute Gasteiger partial charge is 0.462 e. The number of halogens is 1. The number of hydrogen-bond donors (Lipinski definition) is 0. The number of carbonyl (C=O) groups excluding carboxylic acids is 1. The van der Waals surface area contributed by atoms with Gasteiger partial charge in [0, 0.05) is 17.0 Å². The smallest absolute Gasteiger partial charge is 0.338 e. The molecule has 2 heterocycles. The van der Waals surface area contributed by atoms with E-state index in [1.165, 1.54) is 10.9 Å². The predicted molar refractivity (Wildman–Crippen MR) is 76.9 cm³/mol. The second-order valence-corrected chi connectivity index (χ2v) is 5.41. The summed E-state index contributed by atoms with van der Waals surface area (Å²) in [6.45, 7) is 2.34. The lowest BCUT2D eigenvalue weighted by Crippen LogP contribution is -2.09. The van der Waals surface area contributed by atoms with E-state index in [0.717, 1.165) is 18.5 Å². The molecule has 0 saturated carbocycles. The zero-order chi connectivity index (χ0) is 13.7. The van der Waals surface area contributed by atoms with E-state index >= 15 is 0 Å². The van der Waals surface area contributed by atoms with Crippen LogP contribution in [0.4, 0.5) is 0 Å². The summed E-state index contributed by atoms with van der Waals surface area (Å²) in [5.74, 6) is -0.351. The van der Waals surface area contributed by atoms with Gasteiger partial charge >= 0.3 is 5.97 Å². The van der Waals surface area contributed by atoms with Gasteiger partial charge in [0.15, 0.2) is 0 Å². The molecule has 2 aromatic rings. The molecule has 2 rings (SSSR count). The van der Waals surface area contributed by atoms with Crippen LogP contribution in [-0.2, 0) is 17.6 Å². The van der Waals surface area contributed by atoms with Crippen molar-refractivity contribution in [2.45, 2.75) is 19.8 Å². The molecule has 0 atom stereocenters. The normalized spacial score (nSPS) is 10.4. The third-order valence-corrected chi connectivity index (χ3v) is 3.74. The second-order valence-electron chi connectivity index (χ2n) is 3.99. The van der Waals surface area contributed by atoms with Crippen LogP contribution in [0.15, 0.2) is 29.6 Å². The Bertz CT molecular complexity index is 555. The molecule has 3 nitrogen and oxygen atoms in total. The first-order valence-corrected chi connectivity index (χ1v) is 7.30. The van der Waals surface area contributed by atoms with Gasteiger partial charge in [-0.2, -0.15) is 0 Å². The van der Waals surface area contributed by atoms with Crippen molar-refractivity contribution in [2.24, 2.45) is 0 Å². The maximum Gasteiger partial charge on any atom is 0.338 e. The van der Waals surface area contributed by atoms with E-state index in [0.29, 0.717) is 17.3 Å². The maximum atomic E-state index is 11.9. The van der Waals surface area contributed by atoms with Crippen molar-refractivity contribution in [1.82, 2.24) is 4.98 Å². The molecule has 0 aliphatic carbocycles. The maximum absolute atomic E-state index is 11.9. The second kappa shape index (κ2) is 6.68. The van der Waals surface area contributed by atoms with Crippen LogP contribution in [0.1, 0.15) is 27.9 Å². The number of nitrogens with zero attached hydrogens (tertiary/aromatic N) is 1. The number of ether oxygens (including phenoxy) is 1. The van der Waals surface area contributed by atoms with Crippen molar-refractivity contribution in [2.75, 3.05) is 6.61 Å². The Labute approximate surface area is 121 Å². The number of rotatable bonds is 5. The van der Waals surface area contributed by atoms with Crippen LogP contribution in [-0.4, -0.2) is 17.6 Å². The SMILES string of the molecule is CCc1cc(C(=O)OCCc2cccs2)cc(Cl)n1. The summed E-state index contributed by atoms with van der Waals surface area (Å²) in [6, 6.07) is 7.27. The summed E-state index contributed by atoms with van der Waals surface area (Å²) in [5.41, 5.74) is 1.25. The highest BCUT2D eigenvalue weighted by atomic mass is 35.5. The number of hydrogen-bond acceptors (Lipinski definition) is 4. The van der Waals surface area contributed by atoms with E-state index in [-0.39, 0.29) is 5.97 Å². The van der Waals surface area contributed by atoms with Crippen LogP contribution in [0.3, 0.4) is 0 Å². The highest BCUT2D eigenvalue weighted by molar-refractivity contribution is 7.09. The van der Waals surface area contributed by atoms with Crippen molar-refractivity contribution in [3.05, 3.63) is 50.9 Å².